The summed E-state index contributed by atoms with van der Waals surface area (Å²) < 4.78 is 0. The quantitative estimate of drug-likeness (QED) is 0.315. The van der Waals surface area contributed by atoms with Crippen LogP contribution >= 0.6 is 0 Å². The van der Waals surface area contributed by atoms with Gasteiger partial charge in [-0.3, -0.25) is 0 Å². The van der Waals surface area contributed by atoms with Crippen molar-refractivity contribution < 1.29 is 0 Å². The topological polar surface area (TPSA) is 0 Å². The Morgan fingerprint density at radius 3 is 1.48 bits per heavy atom. The first-order chi connectivity index (χ1) is 13.4. The summed E-state index contributed by atoms with van der Waals surface area (Å²) in [6.45, 7) is 2.28. The molecule has 0 radical (unpaired) electrons. The lowest BCUT2D eigenvalue weighted by Gasteiger charge is -2.32. The van der Waals surface area contributed by atoms with E-state index in [1.165, 1.54) is 50.1 Å². The maximum absolute atomic E-state index is 2.34. The Hall–Kier alpha value is -3.12. The van der Waals surface area contributed by atoms with Crippen molar-refractivity contribution in [2.45, 2.75) is 18.8 Å². The Labute approximate surface area is 160 Å². The number of hydrogen-bond acceptors (Lipinski definition) is 0. The van der Waals surface area contributed by atoms with Gasteiger partial charge < -0.3 is 0 Å². The third-order valence-corrected chi connectivity index (χ3v) is 6.48. The number of hydrogen-bond donors (Lipinski definition) is 0. The lowest BCUT2D eigenvalue weighted by Crippen LogP contribution is -2.27. The molecule has 0 heterocycles. The molecule has 0 N–H and O–H groups in total. The van der Waals surface area contributed by atoms with Gasteiger partial charge in [0.05, 0.1) is 5.41 Å². The standard InChI is InChI=1S/C27H20/c1-2-18-10-9-14-22-21-13-5-8-17-25(21)27(26(18)22)23-15-6-3-11-19(23)20-12-4-7-16-24(20)27/h3-17H,2H2,1H3. The Bertz CT molecular complexity index is 1150. The highest BCUT2D eigenvalue weighted by atomic mass is 14.5. The van der Waals surface area contributed by atoms with Crippen LogP contribution in [0.25, 0.3) is 22.3 Å². The molecule has 0 heteroatoms. The zero-order valence-electron chi connectivity index (χ0n) is 15.4. The fourth-order valence-electron chi connectivity index (χ4n) is 5.54. The second-order valence-corrected chi connectivity index (χ2v) is 7.58. The van der Waals surface area contributed by atoms with Gasteiger partial charge in [-0.05, 0) is 56.5 Å². The normalized spacial score (nSPS) is 14.6. The summed E-state index contributed by atoms with van der Waals surface area (Å²) in [5.74, 6) is 0. The number of fused-ring (bicyclic) bond motifs is 10. The second kappa shape index (κ2) is 5.20. The lowest BCUT2D eigenvalue weighted by molar-refractivity contribution is 0.779. The highest BCUT2D eigenvalue weighted by Gasteiger charge is 2.52. The van der Waals surface area contributed by atoms with Crippen LogP contribution in [0.3, 0.4) is 0 Å². The molecule has 1 spiro atoms. The van der Waals surface area contributed by atoms with Gasteiger partial charge in [0.15, 0.2) is 0 Å². The number of aryl methyl sites for hydroxylation is 1. The minimum absolute atomic E-state index is 0.189. The van der Waals surface area contributed by atoms with Gasteiger partial charge in [-0.2, -0.15) is 0 Å². The van der Waals surface area contributed by atoms with E-state index in [0.29, 0.717) is 0 Å². The van der Waals surface area contributed by atoms with Crippen molar-refractivity contribution in [2.24, 2.45) is 0 Å². The molecule has 27 heavy (non-hydrogen) atoms. The maximum atomic E-state index is 2.34. The van der Waals surface area contributed by atoms with E-state index in [4.69, 9.17) is 0 Å². The highest BCUT2D eigenvalue weighted by molar-refractivity contribution is 5.95. The Kier molecular flexibility index (Phi) is 2.89. The van der Waals surface area contributed by atoms with E-state index >= 15 is 0 Å². The highest BCUT2D eigenvalue weighted by Crippen LogP contribution is 2.63. The van der Waals surface area contributed by atoms with E-state index in [2.05, 4.69) is 97.9 Å². The molecule has 2 aliphatic carbocycles. The SMILES string of the molecule is CCc1cccc2c1C1(c3ccccc3-c3ccccc31)c1ccccc1-2. The summed E-state index contributed by atoms with van der Waals surface area (Å²) in [7, 11) is 0. The molecule has 0 amide bonds. The van der Waals surface area contributed by atoms with E-state index < -0.39 is 0 Å². The monoisotopic (exact) mass is 344 g/mol. The molecule has 0 aromatic heterocycles. The van der Waals surface area contributed by atoms with Crippen LogP contribution in [0, 0.1) is 0 Å². The minimum atomic E-state index is -0.189. The van der Waals surface area contributed by atoms with Crippen LogP contribution in [0.4, 0.5) is 0 Å². The largest absolute Gasteiger partial charge is 0.0728 e. The first-order valence-corrected chi connectivity index (χ1v) is 9.79. The van der Waals surface area contributed by atoms with E-state index in [1.54, 1.807) is 0 Å². The van der Waals surface area contributed by atoms with Gasteiger partial charge in [0, 0.05) is 0 Å². The molecular weight excluding hydrogens is 324 g/mol. The molecule has 4 aromatic carbocycles. The minimum Gasteiger partial charge on any atom is -0.0619 e. The van der Waals surface area contributed by atoms with E-state index in [-0.39, 0.29) is 5.41 Å². The first kappa shape index (κ1) is 15.0. The molecule has 2 aliphatic rings. The van der Waals surface area contributed by atoms with Crippen LogP contribution in [0.15, 0.2) is 91.0 Å². The van der Waals surface area contributed by atoms with E-state index in [1.807, 2.05) is 0 Å². The molecule has 128 valence electrons. The summed E-state index contributed by atoms with van der Waals surface area (Å²) in [6, 6.07) is 33.8. The van der Waals surface area contributed by atoms with Gasteiger partial charge in [-0.15, -0.1) is 0 Å². The van der Waals surface area contributed by atoms with Gasteiger partial charge >= 0.3 is 0 Å². The third-order valence-electron chi connectivity index (χ3n) is 6.48. The van der Waals surface area contributed by atoms with Gasteiger partial charge in [-0.25, -0.2) is 0 Å². The predicted octanol–water partition coefficient (Wildman–Crippen LogP) is 6.59. The summed E-state index contributed by atoms with van der Waals surface area (Å²) in [4.78, 5) is 0. The summed E-state index contributed by atoms with van der Waals surface area (Å²) in [6.07, 6.45) is 1.04. The molecule has 0 bridgehead atoms. The molecule has 0 unspecified atom stereocenters. The predicted molar refractivity (Wildman–Crippen MR) is 112 cm³/mol. The van der Waals surface area contributed by atoms with Crippen molar-refractivity contribution >= 4 is 0 Å². The van der Waals surface area contributed by atoms with Gasteiger partial charge in [0.1, 0.15) is 0 Å². The molecular formula is C27H20. The Morgan fingerprint density at radius 1 is 0.519 bits per heavy atom. The van der Waals surface area contributed by atoms with Gasteiger partial charge in [0.25, 0.3) is 0 Å². The van der Waals surface area contributed by atoms with Crippen LogP contribution in [-0.2, 0) is 11.8 Å². The average molecular weight is 344 g/mol. The fraction of sp³-hybridized carbons (Fsp3) is 0.111. The molecule has 0 aliphatic heterocycles. The molecule has 0 atom stereocenters. The molecule has 0 fully saturated rings. The van der Waals surface area contributed by atoms with Crippen molar-refractivity contribution in [3.63, 3.8) is 0 Å². The summed E-state index contributed by atoms with van der Waals surface area (Å²) in [5, 5.41) is 0. The fourth-order valence-corrected chi connectivity index (χ4v) is 5.54. The molecule has 6 rings (SSSR count). The van der Waals surface area contributed by atoms with Crippen LogP contribution < -0.4 is 0 Å². The molecule has 0 saturated carbocycles. The van der Waals surface area contributed by atoms with Crippen LogP contribution in [-0.4, -0.2) is 0 Å². The van der Waals surface area contributed by atoms with E-state index in [9.17, 15) is 0 Å². The van der Waals surface area contributed by atoms with Crippen molar-refractivity contribution in [1.29, 1.82) is 0 Å². The molecule has 0 saturated heterocycles. The van der Waals surface area contributed by atoms with Gasteiger partial charge in [-0.1, -0.05) is 97.9 Å². The van der Waals surface area contributed by atoms with Gasteiger partial charge in [0.2, 0.25) is 0 Å². The Morgan fingerprint density at radius 2 is 0.963 bits per heavy atom. The average Bonchev–Trinajstić information content (AvgIpc) is 3.21. The maximum Gasteiger partial charge on any atom is 0.0728 e. The molecule has 0 nitrogen and oxygen atoms in total. The van der Waals surface area contributed by atoms with Crippen molar-refractivity contribution in [3.8, 4) is 22.3 Å². The third kappa shape index (κ3) is 1.64. The van der Waals surface area contributed by atoms with Crippen LogP contribution in [0.5, 0.6) is 0 Å². The smallest absolute Gasteiger partial charge is 0.0619 e. The Balaban J connectivity index is 1.89. The van der Waals surface area contributed by atoms with Crippen molar-refractivity contribution in [2.75, 3.05) is 0 Å². The first-order valence-electron chi connectivity index (χ1n) is 9.79. The molecule has 4 aromatic rings. The van der Waals surface area contributed by atoms with E-state index in [0.717, 1.165) is 6.42 Å². The zero-order valence-corrected chi connectivity index (χ0v) is 15.4. The van der Waals surface area contributed by atoms with Crippen molar-refractivity contribution in [3.05, 3.63) is 119 Å². The van der Waals surface area contributed by atoms with Crippen LogP contribution in [0.1, 0.15) is 34.7 Å². The summed E-state index contributed by atoms with van der Waals surface area (Å²) in [5.41, 5.74) is 12.6. The lowest BCUT2D eigenvalue weighted by atomic mass is 9.69. The number of benzene rings is 4. The summed E-state index contributed by atoms with van der Waals surface area (Å²) >= 11 is 0. The number of rotatable bonds is 1. The van der Waals surface area contributed by atoms with Crippen LogP contribution in [0.2, 0.25) is 0 Å². The van der Waals surface area contributed by atoms with Crippen molar-refractivity contribution in [1.82, 2.24) is 0 Å². The zero-order chi connectivity index (χ0) is 18.0. The second-order valence-electron chi connectivity index (χ2n) is 7.58.